The van der Waals surface area contributed by atoms with Crippen molar-refractivity contribution in [2.24, 2.45) is 0 Å². The molecule has 0 aliphatic carbocycles. The van der Waals surface area contributed by atoms with Gasteiger partial charge in [-0.05, 0) is 57.4 Å². The number of thioether (sulfide) groups is 2. The van der Waals surface area contributed by atoms with Gasteiger partial charge in [0.1, 0.15) is 5.82 Å². The van der Waals surface area contributed by atoms with Gasteiger partial charge in [0.25, 0.3) is 0 Å². The third-order valence-electron chi connectivity index (χ3n) is 5.25. The highest BCUT2D eigenvalue weighted by Gasteiger charge is 2.25. The standard InChI is InChI=1S/C22H24FN5OS2/c1-15(26(2)3)21-24-25-22(28(21)17-10-8-16(23)9-11-17)31-14-20(29)27-12-13-30-19-7-5-4-6-18(19)27/h4-11,15H,12-14H2,1-3H3/t15-/m0/s1. The average Bonchev–Trinajstić information content (AvgIpc) is 3.20. The topological polar surface area (TPSA) is 54.3 Å². The lowest BCUT2D eigenvalue weighted by Crippen LogP contribution is -2.36. The van der Waals surface area contributed by atoms with Crippen molar-refractivity contribution in [1.82, 2.24) is 19.7 Å². The molecule has 1 aliphatic heterocycles. The number of anilines is 1. The number of aromatic nitrogens is 3. The summed E-state index contributed by atoms with van der Waals surface area (Å²) in [5, 5.41) is 9.37. The second-order valence-electron chi connectivity index (χ2n) is 7.44. The number of benzene rings is 2. The van der Waals surface area contributed by atoms with Gasteiger partial charge in [0.05, 0.1) is 17.5 Å². The minimum atomic E-state index is -0.301. The van der Waals surface area contributed by atoms with Crippen molar-refractivity contribution in [3.05, 3.63) is 60.2 Å². The Morgan fingerprint density at radius 2 is 1.94 bits per heavy atom. The second kappa shape index (κ2) is 9.42. The molecule has 2 heterocycles. The number of para-hydroxylation sites is 1. The van der Waals surface area contributed by atoms with Gasteiger partial charge < -0.3 is 4.90 Å². The monoisotopic (exact) mass is 457 g/mol. The molecule has 3 aromatic rings. The summed E-state index contributed by atoms with van der Waals surface area (Å²) < 4.78 is 15.4. The van der Waals surface area contributed by atoms with E-state index in [1.165, 1.54) is 23.9 Å². The molecule has 9 heteroatoms. The summed E-state index contributed by atoms with van der Waals surface area (Å²) >= 11 is 3.12. The molecular weight excluding hydrogens is 433 g/mol. The van der Waals surface area contributed by atoms with Crippen molar-refractivity contribution < 1.29 is 9.18 Å². The minimum Gasteiger partial charge on any atom is -0.310 e. The average molecular weight is 458 g/mol. The zero-order chi connectivity index (χ0) is 22.0. The first-order valence-electron chi connectivity index (χ1n) is 9.98. The Labute approximate surface area is 189 Å². The maximum absolute atomic E-state index is 13.5. The molecule has 1 aromatic heterocycles. The highest BCUT2D eigenvalue weighted by molar-refractivity contribution is 8.00. The molecule has 0 N–H and O–H groups in total. The van der Waals surface area contributed by atoms with Gasteiger partial charge in [-0.3, -0.25) is 14.3 Å². The molecule has 1 aliphatic rings. The minimum absolute atomic E-state index is 0.00593. The molecule has 0 saturated heterocycles. The van der Waals surface area contributed by atoms with Gasteiger partial charge >= 0.3 is 0 Å². The molecule has 0 saturated carbocycles. The molecule has 0 spiro atoms. The number of amides is 1. The fraction of sp³-hybridized carbons (Fsp3) is 0.318. The number of hydrogen-bond acceptors (Lipinski definition) is 6. The van der Waals surface area contributed by atoms with Crippen LogP contribution in [-0.2, 0) is 4.79 Å². The number of carbonyl (C=O) groups excluding carboxylic acids is 1. The summed E-state index contributed by atoms with van der Waals surface area (Å²) in [6.07, 6.45) is 0. The van der Waals surface area contributed by atoms with Gasteiger partial charge in [-0.1, -0.05) is 23.9 Å². The van der Waals surface area contributed by atoms with Gasteiger partial charge in [0.15, 0.2) is 11.0 Å². The first kappa shape index (κ1) is 21.9. The summed E-state index contributed by atoms with van der Waals surface area (Å²) in [5.74, 6) is 1.60. The fourth-order valence-electron chi connectivity index (χ4n) is 3.34. The van der Waals surface area contributed by atoms with Crippen LogP contribution in [0.3, 0.4) is 0 Å². The van der Waals surface area contributed by atoms with Crippen LogP contribution in [0.25, 0.3) is 5.69 Å². The molecule has 31 heavy (non-hydrogen) atoms. The van der Waals surface area contributed by atoms with E-state index >= 15 is 0 Å². The molecule has 0 radical (unpaired) electrons. The van der Waals surface area contributed by atoms with Crippen molar-refractivity contribution in [1.29, 1.82) is 0 Å². The van der Waals surface area contributed by atoms with Crippen molar-refractivity contribution in [2.45, 2.75) is 23.0 Å². The maximum atomic E-state index is 13.5. The zero-order valence-corrected chi connectivity index (χ0v) is 19.3. The van der Waals surface area contributed by atoms with Gasteiger partial charge in [0, 0.05) is 22.9 Å². The Morgan fingerprint density at radius 3 is 2.68 bits per heavy atom. The smallest absolute Gasteiger partial charge is 0.237 e. The molecular formula is C22H24FN5OS2. The van der Waals surface area contributed by atoms with E-state index in [0.29, 0.717) is 11.7 Å². The van der Waals surface area contributed by atoms with Crippen LogP contribution in [0.15, 0.2) is 58.6 Å². The molecule has 0 unspecified atom stereocenters. The predicted molar refractivity (Wildman–Crippen MR) is 124 cm³/mol. The van der Waals surface area contributed by atoms with Crippen LogP contribution >= 0.6 is 23.5 Å². The van der Waals surface area contributed by atoms with Crippen LogP contribution in [0.1, 0.15) is 18.8 Å². The molecule has 1 atom stereocenters. The number of rotatable bonds is 6. The Morgan fingerprint density at radius 1 is 1.19 bits per heavy atom. The van der Waals surface area contributed by atoms with Crippen LogP contribution in [0.2, 0.25) is 0 Å². The maximum Gasteiger partial charge on any atom is 0.237 e. The summed E-state index contributed by atoms with van der Waals surface area (Å²) in [4.78, 5) is 18.1. The normalized spacial score (nSPS) is 14.5. The molecule has 1 amide bonds. The highest BCUT2D eigenvalue weighted by Crippen LogP contribution is 2.35. The summed E-state index contributed by atoms with van der Waals surface area (Å²) in [6.45, 7) is 2.72. The third-order valence-corrected chi connectivity index (χ3v) is 7.20. The van der Waals surface area contributed by atoms with E-state index < -0.39 is 0 Å². The summed E-state index contributed by atoms with van der Waals surface area (Å²) in [6, 6.07) is 14.2. The summed E-state index contributed by atoms with van der Waals surface area (Å²) in [5.41, 5.74) is 1.73. The molecule has 0 fully saturated rings. The molecule has 0 bridgehead atoms. The lowest BCUT2D eigenvalue weighted by Gasteiger charge is -2.28. The Kier molecular flexibility index (Phi) is 6.64. The van der Waals surface area contributed by atoms with Crippen LogP contribution in [0.4, 0.5) is 10.1 Å². The number of halogens is 1. The third kappa shape index (κ3) is 4.63. The van der Waals surface area contributed by atoms with Crippen LogP contribution in [0.5, 0.6) is 0 Å². The lowest BCUT2D eigenvalue weighted by molar-refractivity contribution is -0.116. The number of hydrogen-bond donors (Lipinski definition) is 0. The number of carbonyl (C=O) groups is 1. The van der Waals surface area contributed by atoms with Crippen LogP contribution in [-0.4, -0.2) is 57.7 Å². The van der Waals surface area contributed by atoms with Crippen molar-refractivity contribution in [2.75, 3.05) is 37.0 Å². The molecule has 162 valence electrons. The first-order chi connectivity index (χ1) is 15.0. The van der Waals surface area contributed by atoms with Crippen LogP contribution < -0.4 is 4.90 Å². The number of nitrogens with zero attached hydrogens (tertiary/aromatic N) is 5. The quantitative estimate of drug-likeness (QED) is 0.516. The second-order valence-corrected chi connectivity index (χ2v) is 9.52. The van der Waals surface area contributed by atoms with E-state index in [1.54, 1.807) is 23.9 Å². The van der Waals surface area contributed by atoms with E-state index in [0.717, 1.165) is 27.8 Å². The first-order valence-corrected chi connectivity index (χ1v) is 12.0. The zero-order valence-electron chi connectivity index (χ0n) is 17.7. The summed E-state index contributed by atoms with van der Waals surface area (Å²) in [7, 11) is 3.94. The van der Waals surface area contributed by atoms with E-state index in [9.17, 15) is 9.18 Å². The van der Waals surface area contributed by atoms with E-state index in [4.69, 9.17) is 0 Å². The van der Waals surface area contributed by atoms with Gasteiger partial charge in [-0.15, -0.1) is 22.0 Å². The SMILES string of the molecule is C[C@@H](c1nnc(SCC(=O)N2CCSc3ccccc32)n1-c1ccc(F)cc1)N(C)C. The molecule has 4 rings (SSSR count). The number of fused-ring (bicyclic) bond motifs is 1. The Hall–Kier alpha value is -2.36. The fourth-order valence-corrected chi connectivity index (χ4v) is 5.17. The largest absolute Gasteiger partial charge is 0.310 e. The Bertz CT molecular complexity index is 1070. The van der Waals surface area contributed by atoms with E-state index in [2.05, 4.69) is 10.2 Å². The predicted octanol–water partition coefficient (Wildman–Crippen LogP) is 4.26. The van der Waals surface area contributed by atoms with Gasteiger partial charge in [0.2, 0.25) is 5.91 Å². The van der Waals surface area contributed by atoms with E-state index in [-0.39, 0.29) is 23.5 Å². The van der Waals surface area contributed by atoms with Crippen molar-refractivity contribution in [3.63, 3.8) is 0 Å². The van der Waals surface area contributed by atoms with Crippen molar-refractivity contribution in [3.8, 4) is 5.69 Å². The van der Waals surface area contributed by atoms with Crippen molar-refractivity contribution >= 4 is 35.1 Å². The van der Waals surface area contributed by atoms with E-state index in [1.807, 2.05) is 59.7 Å². The molecule has 6 nitrogen and oxygen atoms in total. The van der Waals surface area contributed by atoms with Crippen LogP contribution in [0, 0.1) is 5.82 Å². The highest BCUT2D eigenvalue weighted by atomic mass is 32.2. The van der Waals surface area contributed by atoms with Gasteiger partial charge in [-0.25, -0.2) is 4.39 Å². The van der Waals surface area contributed by atoms with Gasteiger partial charge in [-0.2, -0.15) is 0 Å². The molecule has 2 aromatic carbocycles. The Balaban J connectivity index is 1.59. The lowest BCUT2D eigenvalue weighted by atomic mass is 10.2.